The molecule has 1 amide bonds. The maximum absolute atomic E-state index is 12.6. The highest BCUT2D eigenvalue weighted by molar-refractivity contribution is 5.94. The van der Waals surface area contributed by atoms with Gasteiger partial charge in [-0.25, -0.2) is 0 Å². The lowest BCUT2D eigenvalue weighted by Crippen LogP contribution is -2.27. The minimum absolute atomic E-state index is 0.0343. The number of hydrogen-bond donors (Lipinski definition) is 1. The molecule has 7 nitrogen and oxygen atoms in total. The van der Waals surface area contributed by atoms with Gasteiger partial charge in [0.05, 0.1) is 14.2 Å². The molecule has 0 radical (unpaired) electrons. The molecule has 0 saturated heterocycles. The van der Waals surface area contributed by atoms with Gasteiger partial charge in [0, 0.05) is 11.1 Å². The maximum Gasteiger partial charge on any atom is 0.251 e. The van der Waals surface area contributed by atoms with Crippen LogP contribution in [0.1, 0.15) is 55.5 Å². The predicted octanol–water partition coefficient (Wildman–Crippen LogP) is 4.54. The lowest BCUT2D eigenvalue weighted by molar-refractivity contribution is 0.0932. The van der Waals surface area contributed by atoms with Crippen LogP contribution in [0.25, 0.3) is 11.4 Å². The standard InChI is InChI=1S/C23H27N3O4/c1-14(24-21(27)15-7-10-17(11-8-15)23(2,3)4)22-25-20(26-30-22)16-9-12-18(28-5)19(13-16)29-6/h7-14H,1-6H3,(H,24,27). The minimum Gasteiger partial charge on any atom is -0.493 e. The highest BCUT2D eigenvalue weighted by Crippen LogP contribution is 2.31. The van der Waals surface area contributed by atoms with Gasteiger partial charge in [0.15, 0.2) is 11.5 Å². The van der Waals surface area contributed by atoms with Gasteiger partial charge in [-0.15, -0.1) is 0 Å². The third-order valence-corrected chi connectivity index (χ3v) is 4.81. The fourth-order valence-corrected chi connectivity index (χ4v) is 2.97. The van der Waals surface area contributed by atoms with Crippen molar-refractivity contribution in [2.75, 3.05) is 14.2 Å². The third kappa shape index (κ3) is 4.62. The summed E-state index contributed by atoms with van der Waals surface area (Å²) in [6, 6.07) is 12.5. The molecule has 0 spiro atoms. The van der Waals surface area contributed by atoms with Gasteiger partial charge < -0.3 is 19.3 Å². The first-order valence-electron chi connectivity index (χ1n) is 9.70. The summed E-state index contributed by atoms with van der Waals surface area (Å²) in [6.45, 7) is 8.20. The van der Waals surface area contributed by atoms with Crippen LogP contribution >= 0.6 is 0 Å². The second kappa shape index (κ2) is 8.57. The molecule has 0 fully saturated rings. The normalized spacial score (nSPS) is 12.3. The summed E-state index contributed by atoms with van der Waals surface area (Å²) >= 11 is 0. The molecule has 1 heterocycles. The number of amides is 1. The summed E-state index contributed by atoms with van der Waals surface area (Å²) in [5.74, 6) is 1.71. The molecule has 30 heavy (non-hydrogen) atoms. The van der Waals surface area contributed by atoms with Crippen molar-refractivity contribution in [3.63, 3.8) is 0 Å². The fraction of sp³-hybridized carbons (Fsp3) is 0.348. The van der Waals surface area contributed by atoms with E-state index in [1.807, 2.05) is 30.3 Å². The second-order valence-corrected chi connectivity index (χ2v) is 8.05. The van der Waals surface area contributed by atoms with E-state index in [4.69, 9.17) is 14.0 Å². The maximum atomic E-state index is 12.6. The first kappa shape index (κ1) is 21.4. The number of methoxy groups -OCH3 is 2. The average Bonchev–Trinajstić information content (AvgIpc) is 3.23. The molecule has 0 bridgehead atoms. The molecule has 1 N–H and O–H groups in total. The Bertz CT molecular complexity index is 1020. The highest BCUT2D eigenvalue weighted by atomic mass is 16.5. The van der Waals surface area contributed by atoms with Crippen LogP contribution in [-0.4, -0.2) is 30.3 Å². The van der Waals surface area contributed by atoms with Crippen molar-refractivity contribution in [2.45, 2.75) is 39.2 Å². The zero-order valence-electron chi connectivity index (χ0n) is 18.1. The van der Waals surface area contributed by atoms with Crippen molar-refractivity contribution in [3.8, 4) is 22.9 Å². The Morgan fingerprint density at radius 1 is 1.03 bits per heavy atom. The summed E-state index contributed by atoms with van der Waals surface area (Å²) in [5, 5.41) is 6.92. The van der Waals surface area contributed by atoms with Crippen LogP contribution in [0.3, 0.4) is 0 Å². The van der Waals surface area contributed by atoms with Gasteiger partial charge in [0.1, 0.15) is 6.04 Å². The number of nitrogens with zero attached hydrogens (tertiary/aromatic N) is 2. The summed E-state index contributed by atoms with van der Waals surface area (Å²) in [7, 11) is 3.14. The summed E-state index contributed by atoms with van der Waals surface area (Å²) in [5.41, 5.74) is 2.50. The van der Waals surface area contributed by atoms with Gasteiger partial charge >= 0.3 is 0 Å². The number of ether oxygens (including phenoxy) is 2. The van der Waals surface area contributed by atoms with E-state index in [0.29, 0.717) is 28.8 Å². The fourth-order valence-electron chi connectivity index (χ4n) is 2.97. The van der Waals surface area contributed by atoms with Crippen LogP contribution in [0, 0.1) is 0 Å². The molecule has 3 aromatic rings. The Kier molecular flexibility index (Phi) is 6.10. The summed E-state index contributed by atoms with van der Waals surface area (Å²) < 4.78 is 15.9. The number of carbonyl (C=O) groups excluding carboxylic acids is 1. The topological polar surface area (TPSA) is 86.5 Å². The first-order chi connectivity index (χ1) is 14.2. The number of hydrogen-bond acceptors (Lipinski definition) is 6. The molecular formula is C23H27N3O4. The molecule has 7 heteroatoms. The Morgan fingerprint density at radius 3 is 2.30 bits per heavy atom. The van der Waals surface area contributed by atoms with Crippen LogP contribution in [0.4, 0.5) is 0 Å². The molecular weight excluding hydrogens is 382 g/mol. The minimum atomic E-state index is -0.443. The van der Waals surface area contributed by atoms with Gasteiger partial charge in [0.2, 0.25) is 11.7 Å². The molecule has 0 aliphatic rings. The quantitative estimate of drug-likeness (QED) is 0.643. The lowest BCUT2D eigenvalue weighted by Gasteiger charge is -2.19. The molecule has 158 valence electrons. The van der Waals surface area contributed by atoms with Gasteiger partial charge in [0.25, 0.3) is 5.91 Å². The second-order valence-electron chi connectivity index (χ2n) is 8.05. The van der Waals surface area contributed by atoms with E-state index in [-0.39, 0.29) is 11.3 Å². The molecule has 2 aromatic carbocycles. The molecule has 0 aliphatic carbocycles. The number of nitrogens with one attached hydrogen (secondary N) is 1. The molecule has 1 aromatic heterocycles. The van der Waals surface area contributed by atoms with Crippen molar-refractivity contribution in [1.29, 1.82) is 0 Å². The van der Waals surface area contributed by atoms with E-state index in [1.165, 1.54) is 5.56 Å². The molecule has 0 saturated carbocycles. The zero-order chi connectivity index (χ0) is 21.9. The van der Waals surface area contributed by atoms with Crippen LogP contribution in [-0.2, 0) is 5.41 Å². The predicted molar refractivity (Wildman–Crippen MR) is 114 cm³/mol. The Hall–Kier alpha value is -3.35. The van der Waals surface area contributed by atoms with E-state index in [2.05, 4.69) is 36.2 Å². The number of benzene rings is 2. The van der Waals surface area contributed by atoms with Crippen molar-refractivity contribution >= 4 is 5.91 Å². The largest absolute Gasteiger partial charge is 0.493 e. The smallest absolute Gasteiger partial charge is 0.251 e. The molecule has 0 aliphatic heterocycles. The number of carbonyl (C=O) groups is 1. The Balaban J connectivity index is 1.72. The Morgan fingerprint density at radius 2 is 1.70 bits per heavy atom. The van der Waals surface area contributed by atoms with E-state index in [1.54, 1.807) is 33.3 Å². The molecule has 1 atom stereocenters. The number of aromatic nitrogens is 2. The molecule has 1 unspecified atom stereocenters. The third-order valence-electron chi connectivity index (χ3n) is 4.81. The number of rotatable bonds is 6. The van der Waals surface area contributed by atoms with Crippen molar-refractivity contribution in [3.05, 3.63) is 59.5 Å². The summed E-state index contributed by atoms with van der Waals surface area (Å²) in [4.78, 5) is 17.0. The zero-order valence-corrected chi connectivity index (χ0v) is 18.1. The van der Waals surface area contributed by atoms with E-state index in [0.717, 1.165) is 5.56 Å². The van der Waals surface area contributed by atoms with E-state index < -0.39 is 6.04 Å². The van der Waals surface area contributed by atoms with Crippen LogP contribution in [0.2, 0.25) is 0 Å². The van der Waals surface area contributed by atoms with Crippen LogP contribution in [0.5, 0.6) is 11.5 Å². The van der Waals surface area contributed by atoms with Gasteiger partial charge in [-0.1, -0.05) is 38.1 Å². The van der Waals surface area contributed by atoms with Gasteiger partial charge in [-0.3, -0.25) is 4.79 Å². The van der Waals surface area contributed by atoms with Crippen molar-refractivity contribution in [1.82, 2.24) is 15.5 Å². The monoisotopic (exact) mass is 409 g/mol. The van der Waals surface area contributed by atoms with Gasteiger partial charge in [-0.05, 0) is 48.2 Å². The van der Waals surface area contributed by atoms with Crippen LogP contribution < -0.4 is 14.8 Å². The average molecular weight is 409 g/mol. The SMILES string of the molecule is COc1ccc(-c2noc(C(C)NC(=O)c3ccc(C(C)(C)C)cc3)n2)cc1OC. The van der Waals surface area contributed by atoms with Crippen molar-refractivity contribution < 1.29 is 18.8 Å². The van der Waals surface area contributed by atoms with E-state index >= 15 is 0 Å². The highest BCUT2D eigenvalue weighted by Gasteiger charge is 2.20. The van der Waals surface area contributed by atoms with Crippen LogP contribution in [0.15, 0.2) is 47.0 Å². The van der Waals surface area contributed by atoms with Crippen molar-refractivity contribution in [2.24, 2.45) is 0 Å². The summed E-state index contributed by atoms with van der Waals surface area (Å²) in [6.07, 6.45) is 0. The lowest BCUT2D eigenvalue weighted by atomic mass is 9.86. The first-order valence-corrected chi connectivity index (χ1v) is 9.70. The van der Waals surface area contributed by atoms with Gasteiger partial charge in [-0.2, -0.15) is 4.98 Å². The Labute approximate surface area is 176 Å². The van der Waals surface area contributed by atoms with E-state index in [9.17, 15) is 4.79 Å². The molecule has 3 rings (SSSR count).